The number of nitrogens with zero attached hydrogens (tertiary/aromatic N) is 1. The lowest BCUT2D eigenvalue weighted by Crippen LogP contribution is -2.37. The largest absolute Gasteiger partial charge is 0.497 e. The van der Waals surface area contributed by atoms with E-state index in [-0.39, 0.29) is 17.1 Å². The molecule has 1 aliphatic rings. The number of sulfonamides is 1. The van der Waals surface area contributed by atoms with Gasteiger partial charge in [-0.2, -0.15) is 4.31 Å². The summed E-state index contributed by atoms with van der Waals surface area (Å²) < 4.78 is 42.9. The first kappa shape index (κ1) is 23.0. The zero-order chi connectivity index (χ0) is 23.6. The fraction of sp³-hybridized carbons (Fsp3) is 0.333. The van der Waals surface area contributed by atoms with Gasteiger partial charge in [-0.25, -0.2) is 18.0 Å². The Hall–Kier alpha value is -3.17. The Morgan fingerprint density at radius 1 is 1.09 bits per heavy atom. The van der Waals surface area contributed by atoms with E-state index in [1.165, 1.54) is 41.7 Å². The van der Waals surface area contributed by atoms with Crippen molar-refractivity contribution >= 4 is 27.0 Å². The molecule has 3 aromatic rings. The molecule has 33 heavy (non-hydrogen) atoms. The van der Waals surface area contributed by atoms with Gasteiger partial charge in [-0.15, -0.1) is 0 Å². The van der Waals surface area contributed by atoms with E-state index in [9.17, 15) is 18.0 Å². The highest BCUT2D eigenvalue weighted by Crippen LogP contribution is 2.25. The molecule has 0 radical (unpaired) electrons. The highest BCUT2D eigenvalue weighted by atomic mass is 32.2. The number of methoxy groups -OCH3 is 1. The number of carbonyl (C=O) groups excluding carboxylic acids is 1. The summed E-state index contributed by atoms with van der Waals surface area (Å²) in [4.78, 5) is 24.6. The Morgan fingerprint density at radius 2 is 1.79 bits per heavy atom. The average molecular weight is 472 g/mol. The SMILES string of the molecule is COc1ccc2c(COC(=O)c3ccc(S(=O)(=O)N4CCC(C)CC4)cc3)cc(=O)oc2c1. The van der Waals surface area contributed by atoms with Crippen LogP contribution in [-0.2, 0) is 21.4 Å². The van der Waals surface area contributed by atoms with E-state index in [4.69, 9.17) is 13.9 Å². The Kier molecular flexibility index (Phi) is 6.53. The molecule has 1 aromatic heterocycles. The number of carbonyl (C=O) groups is 1. The summed E-state index contributed by atoms with van der Waals surface area (Å²) in [5, 5.41) is 0.625. The van der Waals surface area contributed by atoms with Crippen molar-refractivity contribution in [3.63, 3.8) is 0 Å². The van der Waals surface area contributed by atoms with Crippen LogP contribution in [0.25, 0.3) is 11.0 Å². The minimum Gasteiger partial charge on any atom is -0.497 e. The predicted octanol–water partition coefficient (Wildman–Crippen LogP) is 3.58. The molecule has 0 aliphatic carbocycles. The first-order chi connectivity index (χ1) is 15.8. The van der Waals surface area contributed by atoms with Crippen LogP contribution < -0.4 is 10.4 Å². The van der Waals surface area contributed by atoms with E-state index in [0.717, 1.165) is 12.8 Å². The lowest BCUT2D eigenvalue weighted by atomic mass is 10.0. The number of benzene rings is 2. The quantitative estimate of drug-likeness (QED) is 0.400. The highest BCUT2D eigenvalue weighted by molar-refractivity contribution is 7.89. The van der Waals surface area contributed by atoms with Crippen LogP contribution in [0, 0.1) is 5.92 Å². The van der Waals surface area contributed by atoms with E-state index in [2.05, 4.69) is 6.92 Å². The third-order valence-electron chi connectivity index (χ3n) is 5.87. The van der Waals surface area contributed by atoms with Crippen LogP contribution in [0.1, 0.15) is 35.7 Å². The molecule has 0 bridgehead atoms. The molecule has 0 unspecified atom stereocenters. The molecule has 1 fully saturated rings. The molecule has 2 aromatic carbocycles. The Balaban J connectivity index is 1.47. The molecule has 0 spiro atoms. The predicted molar refractivity (Wildman–Crippen MR) is 122 cm³/mol. The second-order valence-electron chi connectivity index (χ2n) is 8.14. The van der Waals surface area contributed by atoms with Gasteiger partial charge in [-0.3, -0.25) is 0 Å². The Labute approximate surface area is 191 Å². The first-order valence-corrected chi connectivity index (χ1v) is 12.1. The van der Waals surface area contributed by atoms with E-state index in [1.807, 2.05) is 0 Å². The number of piperidine rings is 1. The number of hydrogen-bond acceptors (Lipinski definition) is 7. The van der Waals surface area contributed by atoms with Gasteiger partial charge >= 0.3 is 11.6 Å². The van der Waals surface area contributed by atoms with E-state index in [1.54, 1.807) is 18.2 Å². The van der Waals surface area contributed by atoms with Gasteiger partial charge in [0.15, 0.2) is 0 Å². The minimum atomic E-state index is -3.59. The van der Waals surface area contributed by atoms with Gasteiger partial charge in [0.05, 0.1) is 17.6 Å². The van der Waals surface area contributed by atoms with E-state index >= 15 is 0 Å². The molecular formula is C24H25NO7S. The minimum absolute atomic E-state index is 0.140. The monoisotopic (exact) mass is 471 g/mol. The van der Waals surface area contributed by atoms with Gasteiger partial charge in [0.1, 0.15) is 17.9 Å². The van der Waals surface area contributed by atoms with Gasteiger partial charge < -0.3 is 13.9 Å². The summed E-state index contributed by atoms with van der Waals surface area (Å²) >= 11 is 0. The zero-order valence-corrected chi connectivity index (χ0v) is 19.3. The van der Waals surface area contributed by atoms with E-state index < -0.39 is 21.6 Å². The zero-order valence-electron chi connectivity index (χ0n) is 18.4. The topological polar surface area (TPSA) is 103 Å². The van der Waals surface area contributed by atoms with Gasteiger partial charge in [-0.1, -0.05) is 6.92 Å². The fourth-order valence-electron chi connectivity index (χ4n) is 3.82. The third kappa shape index (κ3) is 4.94. The molecule has 0 saturated carbocycles. The van der Waals surface area contributed by atoms with Crippen molar-refractivity contribution in [2.75, 3.05) is 20.2 Å². The maximum absolute atomic E-state index is 12.9. The van der Waals surface area contributed by atoms with E-state index in [0.29, 0.717) is 41.3 Å². The van der Waals surface area contributed by atoms with Crippen LogP contribution in [-0.4, -0.2) is 38.9 Å². The molecular weight excluding hydrogens is 446 g/mol. The number of fused-ring (bicyclic) bond motifs is 1. The Morgan fingerprint density at radius 3 is 2.45 bits per heavy atom. The summed E-state index contributed by atoms with van der Waals surface area (Å²) in [6.07, 6.45) is 1.67. The molecule has 9 heteroatoms. The molecule has 2 heterocycles. The van der Waals surface area contributed by atoms with Crippen LogP contribution in [0.3, 0.4) is 0 Å². The maximum Gasteiger partial charge on any atom is 0.338 e. The smallest absolute Gasteiger partial charge is 0.338 e. The molecule has 1 aliphatic heterocycles. The highest BCUT2D eigenvalue weighted by Gasteiger charge is 2.28. The first-order valence-electron chi connectivity index (χ1n) is 10.7. The molecule has 8 nitrogen and oxygen atoms in total. The molecule has 1 saturated heterocycles. The van der Waals surface area contributed by atoms with Crippen molar-refractivity contribution in [2.45, 2.75) is 31.3 Å². The molecule has 4 rings (SSSR count). The standard InChI is InChI=1S/C24H25NO7S/c1-16-9-11-25(12-10-16)33(28,29)20-6-3-17(4-7-20)24(27)31-15-18-13-23(26)32-22-14-19(30-2)5-8-21(18)22/h3-8,13-14,16H,9-12,15H2,1-2H3. The summed E-state index contributed by atoms with van der Waals surface area (Å²) in [5.74, 6) is 0.429. The van der Waals surface area contributed by atoms with Gasteiger partial charge in [0, 0.05) is 36.2 Å². The van der Waals surface area contributed by atoms with Crippen LogP contribution in [0.4, 0.5) is 0 Å². The van der Waals surface area contributed by atoms with Crippen LogP contribution in [0.5, 0.6) is 5.75 Å². The van der Waals surface area contributed by atoms with Gasteiger partial charge in [0.25, 0.3) is 0 Å². The van der Waals surface area contributed by atoms with Gasteiger partial charge in [0.2, 0.25) is 10.0 Å². The summed E-state index contributed by atoms with van der Waals surface area (Å²) in [7, 11) is -2.08. The van der Waals surface area contributed by atoms with Crippen LogP contribution >= 0.6 is 0 Å². The maximum atomic E-state index is 12.9. The molecule has 0 atom stereocenters. The normalized spacial score (nSPS) is 15.5. The average Bonchev–Trinajstić information content (AvgIpc) is 2.82. The van der Waals surface area contributed by atoms with Crippen molar-refractivity contribution < 1.29 is 27.1 Å². The van der Waals surface area contributed by atoms with Crippen molar-refractivity contribution in [2.24, 2.45) is 5.92 Å². The Bertz CT molecular complexity index is 1320. The number of hydrogen-bond donors (Lipinski definition) is 0. The number of ether oxygens (including phenoxy) is 2. The summed E-state index contributed by atoms with van der Waals surface area (Å²) in [6.45, 7) is 2.97. The molecule has 0 amide bonds. The van der Waals surface area contributed by atoms with Crippen molar-refractivity contribution in [1.82, 2.24) is 4.31 Å². The fourth-order valence-corrected chi connectivity index (χ4v) is 5.29. The van der Waals surface area contributed by atoms with Gasteiger partial charge in [-0.05, 0) is 55.2 Å². The van der Waals surface area contributed by atoms with Crippen LogP contribution in [0.2, 0.25) is 0 Å². The summed E-state index contributed by atoms with van der Waals surface area (Å²) in [5.41, 5.74) is 0.476. The number of esters is 1. The summed E-state index contributed by atoms with van der Waals surface area (Å²) in [6, 6.07) is 12.0. The van der Waals surface area contributed by atoms with Crippen molar-refractivity contribution in [3.05, 3.63) is 70.1 Å². The third-order valence-corrected chi connectivity index (χ3v) is 7.78. The lowest BCUT2D eigenvalue weighted by Gasteiger charge is -2.29. The van der Waals surface area contributed by atoms with Crippen molar-refractivity contribution in [3.8, 4) is 5.75 Å². The second kappa shape index (κ2) is 9.36. The number of rotatable bonds is 6. The van der Waals surface area contributed by atoms with Crippen molar-refractivity contribution in [1.29, 1.82) is 0 Å². The molecule has 0 N–H and O–H groups in total. The molecule has 174 valence electrons. The second-order valence-corrected chi connectivity index (χ2v) is 10.1. The van der Waals surface area contributed by atoms with Crippen LogP contribution in [0.15, 0.2) is 62.6 Å². The lowest BCUT2D eigenvalue weighted by molar-refractivity contribution is 0.0473.